The number of nitrogens with zero attached hydrogens (tertiary/aromatic N) is 1. The number of hydrogen-bond donors (Lipinski definition) is 2. The number of aromatic hydroxyl groups is 1. The van der Waals surface area contributed by atoms with Gasteiger partial charge in [-0.25, -0.2) is 5.43 Å². The van der Waals surface area contributed by atoms with Gasteiger partial charge in [0.05, 0.1) is 6.21 Å². The second kappa shape index (κ2) is 15.4. The van der Waals surface area contributed by atoms with Crippen molar-refractivity contribution in [3.05, 3.63) is 42.0 Å². The SMILES string of the molecule is CCCCCCCCCCCCCCCC(=O)N/N=C\c1c(O)ccc2ccccc12. The number of phenols is 1. The molecule has 0 aliphatic carbocycles. The van der Waals surface area contributed by atoms with Gasteiger partial charge < -0.3 is 5.11 Å². The zero-order valence-corrected chi connectivity index (χ0v) is 19.2. The molecule has 1 amide bonds. The molecule has 0 aliphatic rings. The van der Waals surface area contributed by atoms with Gasteiger partial charge in [0.15, 0.2) is 0 Å². The molecule has 0 atom stereocenters. The lowest BCUT2D eigenvalue weighted by molar-refractivity contribution is -0.121. The molecule has 0 saturated carbocycles. The van der Waals surface area contributed by atoms with E-state index in [4.69, 9.17) is 0 Å². The average molecular weight is 425 g/mol. The summed E-state index contributed by atoms with van der Waals surface area (Å²) in [7, 11) is 0. The van der Waals surface area contributed by atoms with E-state index in [-0.39, 0.29) is 11.7 Å². The number of amides is 1. The Labute approximate surface area is 188 Å². The van der Waals surface area contributed by atoms with Crippen LogP contribution in [0.3, 0.4) is 0 Å². The maximum atomic E-state index is 12.0. The Morgan fingerprint density at radius 2 is 1.42 bits per heavy atom. The van der Waals surface area contributed by atoms with Gasteiger partial charge >= 0.3 is 0 Å². The van der Waals surface area contributed by atoms with Gasteiger partial charge in [-0.05, 0) is 23.3 Å². The number of benzene rings is 2. The lowest BCUT2D eigenvalue weighted by atomic mass is 10.0. The van der Waals surface area contributed by atoms with Crippen LogP contribution in [0.4, 0.5) is 0 Å². The van der Waals surface area contributed by atoms with Gasteiger partial charge in [0.2, 0.25) is 5.91 Å². The molecule has 0 spiro atoms. The van der Waals surface area contributed by atoms with Crippen molar-refractivity contribution in [1.29, 1.82) is 0 Å². The summed E-state index contributed by atoms with van der Waals surface area (Å²) in [5, 5.41) is 16.1. The van der Waals surface area contributed by atoms with E-state index in [9.17, 15) is 9.90 Å². The lowest BCUT2D eigenvalue weighted by Gasteiger charge is -2.05. The first-order valence-electron chi connectivity index (χ1n) is 12.2. The van der Waals surface area contributed by atoms with Crippen LogP contribution in [0.15, 0.2) is 41.5 Å². The molecule has 0 aromatic heterocycles. The van der Waals surface area contributed by atoms with Gasteiger partial charge in [-0.3, -0.25) is 4.79 Å². The summed E-state index contributed by atoms with van der Waals surface area (Å²) in [6.45, 7) is 2.26. The third-order valence-corrected chi connectivity index (χ3v) is 5.84. The molecule has 0 aliphatic heterocycles. The minimum atomic E-state index is -0.0703. The number of carbonyl (C=O) groups is 1. The first-order valence-corrected chi connectivity index (χ1v) is 12.2. The minimum Gasteiger partial charge on any atom is -0.507 e. The van der Waals surface area contributed by atoms with Crippen LogP contribution in [0.5, 0.6) is 5.75 Å². The van der Waals surface area contributed by atoms with Crippen molar-refractivity contribution in [1.82, 2.24) is 5.43 Å². The van der Waals surface area contributed by atoms with Gasteiger partial charge in [-0.15, -0.1) is 0 Å². The van der Waals surface area contributed by atoms with Crippen molar-refractivity contribution in [2.75, 3.05) is 0 Å². The first kappa shape index (κ1) is 24.9. The molecule has 31 heavy (non-hydrogen) atoms. The largest absolute Gasteiger partial charge is 0.507 e. The molecule has 2 N–H and O–H groups in total. The van der Waals surface area contributed by atoms with Crippen LogP contribution in [-0.4, -0.2) is 17.2 Å². The van der Waals surface area contributed by atoms with Crippen LogP contribution >= 0.6 is 0 Å². The van der Waals surface area contributed by atoms with E-state index < -0.39 is 0 Å². The molecular weight excluding hydrogens is 384 g/mol. The third-order valence-electron chi connectivity index (χ3n) is 5.84. The van der Waals surface area contributed by atoms with Crippen molar-refractivity contribution in [2.24, 2.45) is 5.10 Å². The van der Waals surface area contributed by atoms with Crippen molar-refractivity contribution in [3.63, 3.8) is 0 Å². The summed E-state index contributed by atoms with van der Waals surface area (Å²) in [4.78, 5) is 12.0. The van der Waals surface area contributed by atoms with Crippen LogP contribution in [0.1, 0.15) is 102 Å². The maximum Gasteiger partial charge on any atom is 0.240 e. The number of rotatable bonds is 16. The molecule has 2 rings (SSSR count). The molecule has 2 aromatic carbocycles. The fraction of sp³-hybridized carbons (Fsp3) is 0.556. The number of nitrogens with one attached hydrogen (secondary N) is 1. The molecule has 4 nitrogen and oxygen atoms in total. The number of hydrogen-bond acceptors (Lipinski definition) is 3. The molecule has 0 radical (unpaired) electrons. The van der Waals surface area contributed by atoms with Crippen molar-refractivity contribution in [2.45, 2.75) is 96.8 Å². The fourth-order valence-corrected chi connectivity index (χ4v) is 3.95. The van der Waals surface area contributed by atoms with E-state index in [1.165, 1.54) is 76.8 Å². The summed E-state index contributed by atoms with van der Waals surface area (Å²) in [6.07, 6.45) is 18.9. The Hall–Kier alpha value is -2.36. The summed E-state index contributed by atoms with van der Waals surface area (Å²) in [6, 6.07) is 11.3. The molecule has 2 aromatic rings. The predicted octanol–water partition coefficient (Wildman–Crippen LogP) is 7.48. The molecule has 0 heterocycles. The van der Waals surface area contributed by atoms with E-state index in [0.717, 1.165) is 23.6 Å². The van der Waals surface area contributed by atoms with E-state index in [1.54, 1.807) is 6.07 Å². The Morgan fingerprint density at radius 1 is 0.839 bits per heavy atom. The summed E-state index contributed by atoms with van der Waals surface area (Å²) >= 11 is 0. The highest BCUT2D eigenvalue weighted by Crippen LogP contribution is 2.25. The predicted molar refractivity (Wildman–Crippen MR) is 132 cm³/mol. The lowest BCUT2D eigenvalue weighted by Crippen LogP contribution is -2.16. The van der Waals surface area contributed by atoms with Crippen LogP contribution in [0.25, 0.3) is 10.8 Å². The Morgan fingerprint density at radius 3 is 2.06 bits per heavy atom. The highest BCUT2D eigenvalue weighted by atomic mass is 16.3. The summed E-state index contributed by atoms with van der Waals surface area (Å²) in [5.74, 6) is 0.0900. The minimum absolute atomic E-state index is 0.0703. The highest BCUT2D eigenvalue weighted by molar-refractivity contribution is 6.02. The van der Waals surface area contributed by atoms with Gasteiger partial charge in [-0.2, -0.15) is 5.10 Å². The summed E-state index contributed by atoms with van der Waals surface area (Å²) < 4.78 is 0. The molecule has 4 heteroatoms. The quantitative estimate of drug-likeness (QED) is 0.167. The Kier molecular flexibility index (Phi) is 12.4. The van der Waals surface area contributed by atoms with Gasteiger partial charge in [0.25, 0.3) is 0 Å². The fourth-order valence-electron chi connectivity index (χ4n) is 3.95. The van der Waals surface area contributed by atoms with E-state index in [0.29, 0.717) is 12.0 Å². The van der Waals surface area contributed by atoms with Crippen LogP contribution < -0.4 is 5.43 Å². The molecule has 0 saturated heterocycles. The number of hydrazone groups is 1. The zero-order valence-electron chi connectivity index (χ0n) is 19.2. The molecule has 0 fully saturated rings. The molecule has 0 unspecified atom stereocenters. The van der Waals surface area contributed by atoms with Crippen molar-refractivity contribution >= 4 is 22.9 Å². The standard InChI is InChI=1S/C27H40N2O2/c1-2-3-4-5-6-7-8-9-10-11-12-13-14-19-27(31)29-28-22-25-24-18-16-15-17-23(24)20-21-26(25)30/h15-18,20-22,30H,2-14,19H2,1H3,(H,29,31)/b28-22-. The molecular formula is C27H40N2O2. The zero-order chi connectivity index (χ0) is 22.2. The topological polar surface area (TPSA) is 61.7 Å². The van der Waals surface area contributed by atoms with Crippen molar-refractivity contribution in [3.8, 4) is 5.75 Å². The second-order valence-corrected chi connectivity index (χ2v) is 8.51. The van der Waals surface area contributed by atoms with Crippen LogP contribution in [0, 0.1) is 0 Å². The molecule has 170 valence electrons. The normalized spacial score (nSPS) is 11.4. The van der Waals surface area contributed by atoms with Gasteiger partial charge in [0.1, 0.15) is 5.75 Å². The van der Waals surface area contributed by atoms with Gasteiger partial charge in [0, 0.05) is 12.0 Å². The van der Waals surface area contributed by atoms with E-state index in [1.807, 2.05) is 30.3 Å². The Bertz CT molecular complexity index is 801. The van der Waals surface area contributed by atoms with E-state index >= 15 is 0 Å². The number of carbonyl (C=O) groups excluding carboxylic acids is 1. The maximum absolute atomic E-state index is 12.0. The van der Waals surface area contributed by atoms with Crippen LogP contribution in [-0.2, 0) is 4.79 Å². The summed E-state index contributed by atoms with van der Waals surface area (Å²) in [5.41, 5.74) is 3.21. The number of fused-ring (bicyclic) bond motifs is 1. The number of unbranched alkanes of at least 4 members (excludes halogenated alkanes) is 12. The average Bonchev–Trinajstić information content (AvgIpc) is 2.78. The van der Waals surface area contributed by atoms with E-state index in [2.05, 4.69) is 17.5 Å². The van der Waals surface area contributed by atoms with Crippen LogP contribution in [0.2, 0.25) is 0 Å². The Balaban J connectivity index is 1.51. The van der Waals surface area contributed by atoms with Crippen molar-refractivity contribution < 1.29 is 9.90 Å². The number of phenolic OH excluding ortho intramolecular Hbond substituents is 1. The van der Waals surface area contributed by atoms with Gasteiger partial charge in [-0.1, -0.05) is 114 Å². The molecule has 0 bridgehead atoms. The first-order chi connectivity index (χ1) is 15.2. The highest BCUT2D eigenvalue weighted by Gasteiger charge is 2.05. The third kappa shape index (κ3) is 9.99. The second-order valence-electron chi connectivity index (χ2n) is 8.51. The smallest absolute Gasteiger partial charge is 0.240 e. The monoisotopic (exact) mass is 424 g/mol.